The molecule has 4 heteroatoms. The zero-order valence-electron chi connectivity index (χ0n) is 6.55. The molecule has 0 spiro atoms. The summed E-state index contributed by atoms with van der Waals surface area (Å²) in [5.41, 5.74) is 2.85. The van der Waals surface area contributed by atoms with Crippen molar-refractivity contribution in [1.29, 1.82) is 0 Å². The molecule has 0 amide bonds. The van der Waals surface area contributed by atoms with Crippen molar-refractivity contribution in [1.82, 2.24) is 10.4 Å². The van der Waals surface area contributed by atoms with E-state index in [2.05, 4.69) is 5.43 Å². The summed E-state index contributed by atoms with van der Waals surface area (Å²) in [6.45, 7) is 2.00. The maximum Gasteiger partial charge on any atom is 0.318 e. The Balaban J connectivity index is 2.09. The fourth-order valence-electron chi connectivity index (χ4n) is 1.23. The van der Waals surface area contributed by atoms with Crippen LogP contribution in [0.4, 0.5) is 0 Å². The van der Waals surface area contributed by atoms with Crippen LogP contribution in [0, 0.1) is 0 Å². The molecule has 1 heterocycles. The number of hydrogen-bond acceptors (Lipinski definition) is 3. The van der Waals surface area contributed by atoms with E-state index in [1.54, 1.807) is 0 Å². The van der Waals surface area contributed by atoms with Gasteiger partial charge in [-0.3, -0.25) is 4.79 Å². The third kappa shape index (κ3) is 3.34. The molecule has 4 nitrogen and oxygen atoms in total. The Kier molecular flexibility index (Phi) is 3.32. The Hall–Kier alpha value is -0.610. The SMILES string of the molecule is O=C(O)CNN1CCCCC1. The lowest BCUT2D eigenvalue weighted by Crippen LogP contribution is -2.43. The first-order valence-electron chi connectivity index (χ1n) is 3.99. The molecule has 2 N–H and O–H groups in total. The molecule has 0 radical (unpaired) electrons. The fraction of sp³-hybridized carbons (Fsp3) is 0.857. The van der Waals surface area contributed by atoms with E-state index in [4.69, 9.17) is 5.11 Å². The van der Waals surface area contributed by atoms with Crippen LogP contribution in [0.25, 0.3) is 0 Å². The van der Waals surface area contributed by atoms with Gasteiger partial charge in [0, 0.05) is 13.1 Å². The lowest BCUT2D eigenvalue weighted by atomic mass is 10.2. The second kappa shape index (κ2) is 4.31. The third-order valence-electron chi connectivity index (χ3n) is 1.81. The number of aliphatic carboxylic acids is 1. The van der Waals surface area contributed by atoms with Crippen molar-refractivity contribution in [2.45, 2.75) is 19.3 Å². The first-order chi connectivity index (χ1) is 5.29. The second-order valence-corrected chi connectivity index (χ2v) is 2.78. The van der Waals surface area contributed by atoms with E-state index in [9.17, 15) is 4.79 Å². The highest BCUT2D eigenvalue weighted by Gasteiger charge is 2.09. The number of piperidine rings is 1. The van der Waals surface area contributed by atoms with Gasteiger partial charge in [0.05, 0.1) is 0 Å². The Morgan fingerprint density at radius 3 is 2.55 bits per heavy atom. The minimum absolute atomic E-state index is 0.0417. The van der Waals surface area contributed by atoms with Gasteiger partial charge in [-0.15, -0.1) is 0 Å². The Bertz CT molecular complexity index is 132. The van der Waals surface area contributed by atoms with Crippen molar-refractivity contribution in [3.8, 4) is 0 Å². The summed E-state index contributed by atoms with van der Waals surface area (Å²) in [5.74, 6) is -0.796. The summed E-state index contributed by atoms with van der Waals surface area (Å²) in [6.07, 6.45) is 3.62. The number of carboxylic acid groups (broad SMARTS) is 1. The van der Waals surface area contributed by atoms with E-state index >= 15 is 0 Å². The van der Waals surface area contributed by atoms with E-state index in [-0.39, 0.29) is 6.54 Å². The Labute approximate surface area is 66.2 Å². The Morgan fingerprint density at radius 2 is 2.00 bits per heavy atom. The van der Waals surface area contributed by atoms with Crippen molar-refractivity contribution >= 4 is 5.97 Å². The molecule has 0 aliphatic carbocycles. The molecule has 0 bridgehead atoms. The first-order valence-corrected chi connectivity index (χ1v) is 3.99. The van der Waals surface area contributed by atoms with Crippen molar-refractivity contribution in [2.75, 3.05) is 19.6 Å². The first kappa shape index (κ1) is 8.49. The topological polar surface area (TPSA) is 52.6 Å². The highest BCUT2D eigenvalue weighted by molar-refractivity contribution is 5.68. The van der Waals surface area contributed by atoms with Crippen molar-refractivity contribution in [2.24, 2.45) is 0 Å². The average molecular weight is 158 g/mol. The van der Waals surface area contributed by atoms with Gasteiger partial charge in [0.15, 0.2) is 0 Å². The third-order valence-corrected chi connectivity index (χ3v) is 1.81. The molecule has 0 unspecified atom stereocenters. The molecule has 11 heavy (non-hydrogen) atoms. The lowest BCUT2D eigenvalue weighted by Gasteiger charge is -2.26. The molecule has 64 valence electrons. The number of carbonyl (C=O) groups is 1. The highest BCUT2D eigenvalue weighted by Crippen LogP contribution is 2.05. The molecule has 1 rings (SSSR count). The molecule has 0 atom stereocenters. The maximum absolute atomic E-state index is 10.2. The van der Waals surface area contributed by atoms with Gasteiger partial charge in [-0.25, -0.2) is 10.4 Å². The molecule has 0 saturated carbocycles. The van der Waals surface area contributed by atoms with Gasteiger partial charge in [0.2, 0.25) is 0 Å². The van der Waals surface area contributed by atoms with Gasteiger partial charge in [0.25, 0.3) is 0 Å². The molecule has 1 aliphatic rings. The van der Waals surface area contributed by atoms with E-state index in [1.165, 1.54) is 19.3 Å². The van der Waals surface area contributed by atoms with Crippen LogP contribution in [0.2, 0.25) is 0 Å². The van der Waals surface area contributed by atoms with Gasteiger partial charge in [0.1, 0.15) is 6.54 Å². The summed E-state index contributed by atoms with van der Waals surface area (Å²) in [6, 6.07) is 0. The second-order valence-electron chi connectivity index (χ2n) is 2.78. The quantitative estimate of drug-likeness (QED) is 0.610. The maximum atomic E-state index is 10.2. The summed E-state index contributed by atoms with van der Waals surface area (Å²) >= 11 is 0. The van der Waals surface area contributed by atoms with E-state index < -0.39 is 5.97 Å². The molecule has 0 aromatic rings. The fourth-order valence-corrected chi connectivity index (χ4v) is 1.23. The number of carboxylic acids is 1. The molecular formula is C7H14N2O2. The van der Waals surface area contributed by atoms with Crippen molar-refractivity contribution in [3.05, 3.63) is 0 Å². The van der Waals surface area contributed by atoms with Gasteiger partial charge >= 0.3 is 5.97 Å². The largest absolute Gasteiger partial charge is 0.480 e. The monoisotopic (exact) mass is 158 g/mol. The van der Waals surface area contributed by atoms with Gasteiger partial charge in [-0.05, 0) is 12.8 Å². The van der Waals surface area contributed by atoms with Crippen LogP contribution in [-0.4, -0.2) is 35.7 Å². The van der Waals surface area contributed by atoms with Crippen LogP contribution in [0.1, 0.15) is 19.3 Å². The van der Waals surface area contributed by atoms with Crippen LogP contribution < -0.4 is 5.43 Å². The minimum Gasteiger partial charge on any atom is -0.480 e. The van der Waals surface area contributed by atoms with Gasteiger partial charge < -0.3 is 5.11 Å². The normalized spacial score (nSPS) is 20.0. The van der Waals surface area contributed by atoms with Gasteiger partial charge in [-0.1, -0.05) is 6.42 Å². The predicted octanol–water partition coefficient (Wildman–Crippen LogP) is 0.0615. The number of rotatable bonds is 3. The molecule has 0 aromatic carbocycles. The molecule has 1 fully saturated rings. The summed E-state index contributed by atoms with van der Waals surface area (Å²) in [5, 5.41) is 10.3. The number of hydrogen-bond donors (Lipinski definition) is 2. The smallest absolute Gasteiger partial charge is 0.318 e. The van der Waals surface area contributed by atoms with E-state index in [0.29, 0.717) is 0 Å². The van der Waals surface area contributed by atoms with Crippen molar-refractivity contribution < 1.29 is 9.90 Å². The summed E-state index contributed by atoms with van der Waals surface area (Å²) in [7, 11) is 0. The zero-order chi connectivity index (χ0) is 8.10. The molecule has 1 saturated heterocycles. The van der Waals surface area contributed by atoms with Crippen LogP contribution in [0.5, 0.6) is 0 Å². The summed E-state index contributed by atoms with van der Waals surface area (Å²) in [4.78, 5) is 10.2. The minimum atomic E-state index is -0.796. The number of nitrogens with zero attached hydrogens (tertiary/aromatic N) is 1. The van der Waals surface area contributed by atoms with E-state index in [0.717, 1.165) is 13.1 Å². The highest BCUT2D eigenvalue weighted by atomic mass is 16.4. The van der Waals surface area contributed by atoms with Crippen LogP contribution in [-0.2, 0) is 4.79 Å². The van der Waals surface area contributed by atoms with Crippen LogP contribution in [0.3, 0.4) is 0 Å². The standard InChI is InChI=1S/C7H14N2O2/c10-7(11)6-8-9-4-2-1-3-5-9/h8H,1-6H2,(H,10,11). The number of nitrogens with one attached hydrogen (secondary N) is 1. The van der Waals surface area contributed by atoms with Gasteiger partial charge in [-0.2, -0.15) is 0 Å². The summed E-state index contributed by atoms with van der Waals surface area (Å²) < 4.78 is 0. The molecular weight excluding hydrogens is 144 g/mol. The van der Waals surface area contributed by atoms with Crippen molar-refractivity contribution in [3.63, 3.8) is 0 Å². The average Bonchev–Trinajstić information content (AvgIpc) is 2.03. The Morgan fingerprint density at radius 1 is 1.36 bits per heavy atom. The number of hydrazine groups is 1. The molecule has 1 aliphatic heterocycles. The predicted molar refractivity (Wildman–Crippen MR) is 41.1 cm³/mol. The van der Waals surface area contributed by atoms with Crippen LogP contribution >= 0.6 is 0 Å². The zero-order valence-corrected chi connectivity index (χ0v) is 6.55. The van der Waals surface area contributed by atoms with E-state index in [1.807, 2.05) is 5.01 Å². The lowest BCUT2D eigenvalue weighted by molar-refractivity contribution is -0.137. The van der Waals surface area contributed by atoms with Crippen LogP contribution in [0.15, 0.2) is 0 Å². The molecule has 0 aromatic heterocycles.